The summed E-state index contributed by atoms with van der Waals surface area (Å²) in [5.74, 6) is 2.19. The van der Waals surface area contributed by atoms with Crippen molar-refractivity contribution in [3.8, 4) is 0 Å². The van der Waals surface area contributed by atoms with E-state index >= 15 is 0 Å². The molecule has 0 amide bonds. The zero-order chi connectivity index (χ0) is 26.9. The van der Waals surface area contributed by atoms with Gasteiger partial charge in [-0.1, -0.05) is 78.7 Å². The highest BCUT2D eigenvalue weighted by molar-refractivity contribution is 5.35. The van der Waals surface area contributed by atoms with Crippen molar-refractivity contribution in [3.05, 3.63) is 11.1 Å². The van der Waals surface area contributed by atoms with Gasteiger partial charge in [-0.15, -0.1) is 0 Å². The summed E-state index contributed by atoms with van der Waals surface area (Å²) in [5.41, 5.74) is 0.686. The van der Waals surface area contributed by atoms with Crippen molar-refractivity contribution in [1.29, 1.82) is 0 Å². The third kappa shape index (κ3) is 3.45. The van der Waals surface area contributed by atoms with Gasteiger partial charge in [0.2, 0.25) is 0 Å². The lowest BCUT2D eigenvalue weighted by Crippen LogP contribution is -2.53. The lowest BCUT2D eigenvalue weighted by Gasteiger charge is -2.60. The Morgan fingerprint density at radius 2 is 1.77 bits per heavy atom. The molecule has 0 aromatic carbocycles. The van der Waals surface area contributed by atoms with Gasteiger partial charge in [0.1, 0.15) is 0 Å². The van der Waals surface area contributed by atoms with Crippen LogP contribution in [0.4, 0.5) is 0 Å². The monoisotopic (exact) mass is 420 g/mol. The van der Waals surface area contributed by atoms with Crippen molar-refractivity contribution in [1.82, 2.24) is 0 Å². The minimum atomic E-state index is -2.74. The molecular formula is C29H50O. The van der Waals surface area contributed by atoms with Crippen molar-refractivity contribution < 1.29 is 13.3 Å². The van der Waals surface area contributed by atoms with Crippen LogP contribution >= 0.6 is 0 Å². The van der Waals surface area contributed by atoms with Gasteiger partial charge in [0.05, 0.1) is 6.10 Å². The van der Waals surface area contributed by atoms with E-state index in [0.717, 1.165) is 37.0 Å². The van der Waals surface area contributed by atoms with Crippen LogP contribution in [-0.4, -0.2) is 11.2 Å². The Morgan fingerprint density at radius 1 is 1.00 bits per heavy atom. The van der Waals surface area contributed by atoms with Crippen molar-refractivity contribution in [2.75, 3.05) is 0 Å². The van der Waals surface area contributed by atoms with E-state index < -0.39 is 36.6 Å². The van der Waals surface area contributed by atoms with Crippen LogP contribution in [-0.2, 0) is 0 Å². The molecule has 7 atom stereocenters. The second-order valence-corrected chi connectivity index (χ2v) is 12.5. The van der Waals surface area contributed by atoms with Crippen LogP contribution in [0, 0.1) is 45.8 Å². The molecule has 4 aliphatic carbocycles. The van der Waals surface area contributed by atoms with E-state index in [4.69, 9.17) is 8.22 Å². The number of aliphatic hydroxyl groups is 1. The summed E-state index contributed by atoms with van der Waals surface area (Å²) in [5, 5.41) is 11.1. The van der Waals surface area contributed by atoms with Gasteiger partial charge in [0.25, 0.3) is 0 Å². The molecule has 0 aliphatic heterocycles. The van der Waals surface area contributed by atoms with Crippen molar-refractivity contribution in [2.24, 2.45) is 45.8 Å². The number of hydrogen-bond donors (Lipinski definition) is 1. The Morgan fingerprint density at radius 3 is 2.47 bits per heavy atom. The highest BCUT2D eigenvalue weighted by Crippen LogP contribution is 2.68. The molecule has 2 saturated carbocycles. The lowest BCUT2D eigenvalue weighted by molar-refractivity contribution is -0.0931. The molecule has 2 fully saturated rings. The molecule has 1 nitrogen and oxygen atoms in total. The fraction of sp³-hybridized carbons (Fsp3) is 0.931. The molecule has 0 saturated heterocycles. The fourth-order valence-electron chi connectivity index (χ4n) is 8.70. The molecule has 0 heterocycles. The summed E-state index contributed by atoms with van der Waals surface area (Å²) in [6.45, 7) is 6.26. The molecule has 0 unspecified atom stereocenters. The van der Waals surface area contributed by atoms with Gasteiger partial charge in [0, 0.05) is 8.22 Å². The Kier molecular flexibility index (Phi) is 4.32. The van der Waals surface area contributed by atoms with E-state index in [2.05, 4.69) is 34.6 Å². The summed E-state index contributed by atoms with van der Waals surface area (Å²) in [6.07, 6.45) is 9.43. The van der Waals surface area contributed by atoms with Crippen LogP contribution < -0.4 is 0 Å². The first-order valence-electron chi connectivity index (χ1n) is 15.9. The van der Waals surface area contributed by atoms with Gasteiger partial charge in [-0.25, -0.2) is 0 Å². The molecule has 0 radical (unpaired) electrons. The number of allylic oxidation sites excluding steroid dienone is 2. The van der Waals surface area contributed by atoms with Crippen LogP contribution in [0.1, 0.15) is 127 Å². The maximum absolute atomic E-state index is 11.1. The first kappa shape index (κ1) is 16.3. The van der Waals surface area contributed by atoms with Gasteiger partial charge < -0.3 is 5.11 Å². The molecule has 4 aliphatic rings. The second kappa shape index (κ2) is 7.93. The van der Waals surface area contributed by atoms with E-state index in [-0.39, 0.29) is 6.42 Å². The first-order valence-corrected chi connectivity index (χ1v) is 12.9. The molecule has 0 bridgehead atoms. The van der Waals surface area contributed by atoms with Gasteiger partial charge in [-0.3, -0.25) is 0 Å². The molecule has 30 heavy (non-hydrogen) atoms. The summed E-state index contributed by atoms with van der Waals surface area (Å²) in [4.78, 5) is 0. The van der Waals surface area contributed by atoms with Crippen LogP contribution in [0.2, 0.25) is 0 Å². The highest BCUT2D eigenvalue weighted by Gasteiger charge is 2.59. The number of aliphatic hydroxyl groups excluding tert-OH is 1. The highest BCUT2D eigenvalue weighted by atomic mass is 16.3. The van der Waals surface area contributed by atoms with Gasteiger partial charge in [-0.2, -0.15) is 0 Å². The standard InChI is InChI=1S/C29H50O/c1-19(2)9-8-10-20(3)22-12-13-23-21-11-14-25-27(4,5)26(30)16-18-29(25,7)24(21)15-17-28(22,23)6/h19-20,22-23,25-26,30H,8-18H2,1-7H3/t20-,22-,23+,25+,26+,28-,29-/m1/s1/i4D3,5D3. The Bertz CT molecular complexity index is 843. The summed E-state index contributed by atoms with van der Waals surface area (Å²) < 4.78 is 50.4. The molecular weight excluding hydrogens is 364 g/mol. The quantitative estimate of drug-likeness (QED) is 0.445. The van der Waals surface area contributed by atoms with Gasteiger partial charge >= 0.3 is 0 Å². The van der Waals surface area contributed by atoms with Gasteiger partial charge in [0.15, 0.2) is 0 Å². The molecule has 0 aromatic rings. The van der Waals surface area contributed by atoms with E-state index in [1.165, 1.54) is 37.7 Å². The predicted molar refractivity (Wildman–Crippen MR) is 128 cm³/mol. The molecule has 0 aromatic heterocycles. The zero-order valence-electron chi connectivity index (χ0n) is 26.2. The topological polar surface area (TPSA) is 20.2 Å². The average Bonchev–Trinajstić information content (AvgIpc) is 3.09. The van der Waals surface area contributed by atoms with Crippen LogP contribution in [0.3, 0.4) is 0 Å². The largest absolute Gasteiger partial charge is 0.393 e. The van der Waals surface area contributed by atoms with Crippen molar-refractivity contribution >= 4 is 0 Å². The maximum atomic E-state index is 11.1. The minimum absolute atomic E-state index is 0.248. The molecule has 1 heteroatoms. The third-order valence-corrected chi connectivity index (χ3v) is 10.4. The second-order valence-electron chi connectivity index (χ2n) is 12.5. The number of fused-ring (bicyclic) bond motifs is 4. The Hall–Kier alpha value is -0.300. The van der Waals surface area contributed by atoms with Crippen molar-refractivity contribution in [3.63, 3.8) is 0 Å². The Balaban J connectivity index is 1.68. The zero-order valence-corrected chi connectivity index (χ0v) is 20.2. The third-order valence-electron chi connectivity index (χ3n) is 10.4. The molecule has 172 valence electrons. The SMILES string of the molecule is [2H]C([2H])([2H])C1(C([2H])([2H])[2H])[C@@H](O)CC[C@]2(C)C3=C(CC[C@@H]12)[C@@H]1CC[C@H]([C@H](C)CCCC(C)C)[C@@]1(C)CC3. The number of rotatable bonds is 5. The first-order chi connectivity index (χ1) is 16.5. The Labute approximate surface area is 195 Å². The van der Waals surface area contributed by atoms with E-state index in [1.807, 2.05) is 0 Å². The molecule has 0 spiro atoms. The molecule has 1 N–H and O–H groups in total. The van der Waals surface area contributed by atoms with Crippen LogP contribution in [0.5, 0.6) is 0 Å². The molecule has 4 rings (SSSR count). The fourth-order valence-corrected chi connectivity index (χ4v) is 8.70. The van der Waals surface area contributed by atoms with E-state index in [1.54, 1.807) is 5.57 Å². The summed E-state index contributed by atoms with van der Waals surface area (Å²) in [7, 11) is 0. The lowest BCUT2D eigenvalue weighted by atomic mass is 9.46. The van der Waals surface area contributed by atoms with E-state index in [0.29, 0.717) is 24.2 Å². The van der Waals surface area contributed by atoms with Crippen LogP contribution in [0.25, 0.3) is 0 Å². The van der Waals surface area contributed by atoms with Gasteiger partial charge in [-0.05, 0) is 97.2 Å². The van der Waals surface area contributed by atoms with Crippen LogP contribution in [0.15, 0.2) is 11.1 Å². The predicted octanol–water partition coefficient (Wildman–Crippen LogP) is 8.17. The summed E-state index contributed by atoms with van der Waals surface area (Å²) >= 11 is 0. The maximum Gasteiger partial charge on any atom is 0.0594 e. The minimum Gasteiger partial charge on any atom is -0.393 e. The smallest absolute Gasteiger partial charge is 0.0594 e. The summed E-state index contributed by atoms with van der Waals surface area (Å²) in [6, 6.07) is 0. The number of hydrogen-bond acceptors (Lipinski definition) is 1. The normalized spacial score (nSPS) is 47.7. The average molecular weight is 421 g/mol. The van der Waals surface area contributed by atoms with Crippen molar-refractivity contribution in [2.45, 2.75) is 125 Å². The van der Waals surface area contributed by atoms with E-state index in [9.17, 15) is 5.11 Å².